The molecule has 1 saturated heterocycles. The normalized spacial score (nSPS) is 20.4. The van der Waals surface area contributed by atoms with Gasteiger partial charge in [-0.05, 0) is 30.9 Å². The number of thiazole rings is 1. The molecule has 1 aromatic heterocycles. The van der Waals surface area contributed by atoms with Crippen LogP contribution in [0.1, 0.15) is 47.1 Å². The van der Waals surface area contributed by atoms with E-state index in [1.807, 2.05) is 25.1 Å². The van der Waals surface area contributed by atoms with E-state index in [1.54, 1.807) is 6.92 Å². The number of aromatic nitrogens is 1. The highest BCUT2D eigenvalue weighted by molar-refractivity contribution is 7.17. The summed E-state index contributed by atoms with van der Waals surface area (Å²) in [7, 11) is 0. The summed E-state index contributed by atoms with van der Waals surface area (Å²) in [6, 6.07) is 9.90. The number of hydrogen-bond donors (Lipinski definition) is 3. The van der Waals surface area contributed by atoms with Gasteiger partial charge in [-0.3, -0.25) is 4.79 Å². The lowest BCUT2D eigenvalue weighted by atomic mass is 9.98. The Kier molecular flexibility index (Phi) is 7.65. The van der Waals surface area contributed by atoms with Crippen LogP contribution in [-0.2, 0) is 11.3 Å². The Morgan fingerprint density at radius 3 is 2.68 bits per heavy atom. The molecule has 2 aliphatic heterocycles. The highest BCUT2D eigenvalue weighted by Gasteiger charge is 2.33. The van der Waals surface area contributed by atoms with Gasteiger partial charge in [0.2, 0.25) is 0 Å². The van der Waals surface area contributed by atoms with Crippen molar-refractivity contribution in [2.24, 2.45) is 4.99 Å². The first kappa shape index (κ1) is 24.4. The predicted molar refractivity (Wildman–Crippen MR) is 135 cm³/mol. The van der Waals surface area contributed by atoms with Crippen molar-refractivity contribution in [2.75, 3.05) is 18.0 Å². The highest BCUT2D eigenvalue weighted by Crippen LogP contribution is 2.29. The summed E-state index contributed by atoms with van der Waals surface area (Å²) in [5, 5.41) is 17.3. The zero-order valence-corrected chi connectivity index (χ0v) is 20.7. The molecule has 10 heteroatoms. The molecule has 0 aliphatic carbocycles. The minimum atomic E-state index is -0.960. The Morgan fingerprint density at radius 2 is 2.03 bits per heavy atom. The lowest BCUT2D eigenvalue weighted by Gasteiger charge is -2.39. The molecule has 0 unspecified atom stereocenters. The number of aliphatic imine (C=N–C) groups is 1. The van der Waals surface area contributed by atoms with Gasteiger partial charge in [0.25, 0.3) is 5.91 Å². The minimum absolute atomic E-state index is 0.0635. The smallest absolute Gasteiger partial charge is 0.347 e. The highest BCUT2D eigenvalue weighted by atomic mass is 35.5. The van der Waals surface area contributed by atoms with Crippen molar-refractivity contribution in [3.63, 3.8) is 0 Å². The second-order valence-electron chi connectivity index (χ2n) is 8.49. The number of halogens is 1. The topological polar surface area (TPSA) is 107 Å². The Bertz CT molecular complexity index is 1130. The van der Waals surface area contributed by atoms with Crippen molar-refractivity contribution in [1.29, 1.82) is 0 Å². The molecule has 34 heavy (non-hydrogen) atoms. The summed E-state index contributed by atoms with van der Waals surface area (Å²) in [6.45, 7) is 5.62. The van der Waals surface area contributed by atoms with Crippen LogP contribution >= 0.6 is 22.9 Å². The van der Waals surface area contributed by atoms with Crippen LogP contribution in [0.5, 0.6) is 0 Å². The number of carbonyl (C=O) groups excluding carboxylic acids is 1. The number of amides is 1. The van der Waals surface area contributed by atoms with E-state index in [0.717, 1.165) is 17.6 Å². The number of hydrogen-bond acceptors (Lipinski definition) is 7. The Hall–Kier alpha value is -2.75. The SMILES string of the molecule is CCC1=C(Cl)N=C(C(=O)N[C@@H]2CCN(c3nc(C)c(C(=O)O)s3)C[C@H]2NCc2ccccc2)C1. The monoisotopic (exact) mass is 501 g/mol. The van der Waals surface area contributed by atoms with E-state index in [4.69, 9.17) is 11.6 Å². The molecule has 2 atom stereocenters. The molecule has 8 nitrogen and oxygen atoms in total. The quantitative estimate of drug-likeness (QED) is 0.476. The van der Waals surface area contributed by atoms with Crippen LogP contribution < -0.4 is 15.5 Å². The lowest BCUT2D eigenvalue weighted by molar-refractivity contribution is -0.115. The molecule has 2 aromatic rings. The Balaban J connectivity index is 1.48. The van der Waals surface area contributed by atoms with Gasteiger partial charge in [-0.1, -0.05) is 60.2 Å². The summed E-state index contributed by atoms with van der Waals surface area (Å²) in [5.41, 5.74) is 3.10. The van der Waals surface area contributed by atoms with Gasteiger partial charge in [-0.25, -0.2) is 14.8 Å². The first-order chi connectivity index (χ1) is 16.4. The van der Waals surface area contributed by atoms with Crippen LogP contribution in [0.2, 0.25) is 0 Å². The number of benzene rings is 1. The number of piperidine rings is 1. The summed E-state index contributed by atoms with van der Waals surface area (Å²) in [5.74, 6) is -1.15. The number of rotatable bonds is 8. The summed E-state index contributed by atoms with van der Waals surface area (Å²) in [6.07, 6.45) is 1.94. The zero-order valence-electron chi connectivity index (χ0n) is 19.2. The molecular formula is C24H28ClN5O3S. The molecular weight excluding hydrogens is 474 g/mol. The fraction of sp³-hybridized carbons (Fsp3) is 0.417. The fourth-order valence-corrected chi connectivity index (χ4v) is 5.47. The van der Waals surface area contributed by atoms with Crippen LogP contribution in [-0.4, -0.2) is 52.9 Å². The maximum absolute atomic E-state index is 13.0. The number of carbonyl (C=O) groups is 2. The van der Waals surface area contributed by atoms with E-state index in [0.29, 0.717) is 54.2 Å². The van der Waals surface area contributed by atoms with Gasteiger partial charge in [0.1, 0.15) is 15.7 Å². The van der Waals surface area contributed by atoms with Gasteiger partial charge in [0, 0.05) is 38.1 Å². The van der Waals surface area contributed by atoms with Crippen LogP contribution in [0.25, 0.3) is 0 Å². The molecule has 0 bridgehead atoms. The predicted octanol–water partition coefficient (Wildman–Crippen LogP) is 3.71. The van der Waals surface area contributed by atoms with E-state index in [-0.39, 0.29) is 22.9 Å². The van der Waals surface area contributed by atoms with E-state index < -0.39 is 5.97 Å². The van der Waals surface area contributed by atoms with Crippen molar-refractivity contribution in [2.45, 2.75) is 51.7 Å². The molecule has 2 aliphatic rings. The number of nitrogens with one attached hydrogen (secondary N) is 2. The number of nitrogens with zero attached hydrogens (tertiary/aromatic N) is 3. The third kappa shape index (κ3) is 5.48. The van der Waals surface area contributed by atoms with Crippen LogP contribution in [0.15, 0.2) is 46.1 Å². The average molecular weight is 502 g/mol. The molecule has 1 fully saturated rings. The zero-order chi connectivity index (χ0) is 24.2. The van der Waals surface area contributed by atoms with Gasteiger partial charge in [-0.15, -0.1) is 0 Å². The summed E-state index contributed by atoms with van der Waals surface area (Å²) in [4.78, 5) is 35.6. The van der Waals surface area contributed by atoms with Crippen LogP contribution in [0, 0.1) is 6.92 Å². The molecule has 4 rings (SSSR count). The molecule has 3 N–H and O–H groups in total. The molecule has 1 aromatic carbocycles. The number of aromatic carboxylic acids is 1. The molecule has 180 valence electrons. The van der Waals surface area contributed by atoms with Crippen molar-refractivity contribution >= 4 is 45.7 Å². The third-order valence-corrected chi connectivity index (χ3v) is 7.74. The van der Waals surface area contributed by atoms with Crippen molar-refractivity contribution in [3.05, 3.63) is 57.2 Å². The second-order valence-corrected chi connectivity index (χ2v) is 9.82. The Labute approximate surface area is 207 Å². The molecule has 1 amide bonds. The summed E-state index contributed by atoms with van der Waals surface area (Å²) < 4.78 is 0. The van der Waals surface area contributed by atoms with Gasteiger partial charge >= 0.3 is 5.97 Å². The number of aryl methyl sites for hydroxylation is 1. The van der Waals surface area contributed by atoms with E-state index >= 15 is 0 Å². The van der Waals surface area contributed by atoms with Gasteiger partial charge in [-0.2, -0.15) is 0 Å². The van der Waals surface area contributed by atoms with Crippen molar-refractivity contribution < 1.29 is 14.7 Å². The molecule has 0 spiro atoms. The van der Waals surface area contributed by atoms with Gasteiger partial charge in [0.15, 0.2) is 5.13 Å². The molecule has 0 radical (unpaired) electrons. The standard InChI is InChI=1S/C24H28ClN5O3S/c1-3-16-11-18(28-21(16)25)22(31)29-17-9-10-30(24-27-14(2)20(34-24)23(32)33)13-19(17)26-12-15-7-5-4-6-8-15/h4-8,17,19,26H,3,9-13H2,1-2H3,(H,29,31)(H,32,33)/t17-,19-/m1/s1. The number of anilines is 1. The number of allylic oxidation sites excluding steroid dienone is 1. The third-order valence-electron chi connectivity index (χ3n) is 6.19. The van der Waals surface area contributed by atoms with E-state index in [1.165, 1.54) is 11.3 Å². The number of carboxylic acids is 1. The van der Waals surface area contributed by atoms with Crippen molar-refractivity contribution in [1.82, 2.24) is 15.6 Å². The van der Waals surface area contributed by atoms with E-state index in [9.17, 15) is 14.7 Å². The Morgan fingerprint density at radius 1 is 1.26 bits per heavy atom. The van der Waals surface area contributed by atoms with Crippen LogP contribution in [0.3, 0.4) is 0 Å². The molecule has 3 heterocycles. The maximum Gasteiger partial charge on any atom is 0.347 e. The largest absolute Gasteiger partial charge is 0.477 e. The second kappa shape index (κ2) is 10.7. The van der Waals surface area contributed by atoms with E-state index in [2.05, 4.69) is 37.6 Å². The molecule has 0 saturated carbocycles. The summed E-state index contributed by atoms with van der Waals surface area (Å²) >= 11 is 7.37. The average Bonchev–Trinajstić information content (AvgIpc) is 3.41. The van der Waals surface area contributed by atoms with Crippen LogP contribution in [0.4, 0.5) is 5.13 Å². The fourth-order valence-electron chi connectivity index (χ4n) is 4.23. The van der Waals surface area contributed by atoms with Gasteiger partial charge < -0.3 is 20.6 Å². The maximum atomic E-state index is 13.0. The first-order valence-electron chi connectivity index (χ1n) is 11.3. The van der Waals surface area contributed by atoms with Gasteiger partial charge in [0.05, 0.1) is 5.69 Å². The first-order valence-corrected chi connectivity index (χ1v) is 12.5. The minimum Gasteiger partial charge on any atom is -0.477 e. The lowest BCUT2D eigenvalue weighted by Crippen LogP contribution is -2.60. The van der Waals surface area contributed by atoms with Crippen molar-refractivity contribution in [3.8, 4) is 0 Å². The number of carboxylic acid groups (broad SMARTS) is 1.